The summed E-state index contributed by atoms with van der Waals surface area (Å²) < 4.78 is 0. The average Bonchev–Trinajstić information content (AvgIpc) is 2.48. The summed E-state index contributed by atoms with van der Waals surface area (Å²) in [6.45, 7) is 0. The first kappa shape index (κ1) is 11.7. The third-order valence-corrected chi connectivity index (χ3v) is 2.99. The first-order valence-electron chi connectivity index (χ1n) is 6.21. The van der Waals surface area contributed by atoms with E-state index < -0.39 is 0 Å². The normalized spacial score (nSPS) is 10.3. The topological polar surface area (TPSA) is 12.9 Å². The van der Waals surface area contributed by atoms with Gasteiger partial charge in [-0.15, -0.1) is 0 Å². The van der Waals surface area contributed by atoms with Crippen molar-refractivity contribution in [2.24, 2.45) is 0 Å². The summed E-state index contributed by atoms with van der Waals surface area (Å²) in [6, 6.07) is 24.0. The Kier molecular flexibility index (Phi) is 3.15. The third kappa shape index (κ3) is 2.58. The number of benzene rings is 2. The van der Waals surface area contributed by atoms with E-state index in [1.54, 1.807) is 0 Å². The SMILES string of the molecule is [B]c1cc(-c2ccccc2)nc(-c2ccccc2)c1. The number of aromatic nitrogens is 1. The van der Waals surface area contributed by atoms with Crippen LogP contribution in [0.2, 0.25) is 0 Å². The van der Waals surface area contributed by atoms with Crippen LogP contribution in [0.5, 0.6) is 0 Å². The maximum atomic E-state index is 5.99. The maximum absolute atomic E-state index is 5.99. The molecule has 0 saturated heterocycles. The minimum atomic E-state index is 0.729. The van der Waals surface area contributed by atoms with Gasteiger partial charge in [-0.3, -0.25) is 0 Å². The molecule has 0 spiro atoms. The van der Waals surface area contributed by atoms with Crippen LogP contribution in [0.3, 0.4) is 0 Å². The molecule has 0 amide bonds. The predicted molar refractivity (Wildman–Crippen MR) is 80.5 cm³/mol. The fourth-order valence-corrected chi connectivity index (χ4v) is 2.07. The molecule has 0 N–H and O–H groups in total. The molecule has 0 unspecified atom stereocenters. The van der Waals surface area contributed by atoms with Crippen LogP contribution in [-0.4, -0.2) is 12.8 Å². The quantitative estimate of drug-likeness (QED) is 0.628. The molecule has 0 bridgehead atoms. The Bertz CT molecular complexity index is 620. The van der Waals surface area contributed by atoms with Crippen LogP contribution in [0.1, 0.15) is 0 Å². The summed E-state index contributed by atoms with van der Waals surface area (Å²) in [4.78, 5) is 4.69. The number of hydrogen-bond donors (Lipinski definition) is 0. The first-order chi connectivity index (χ1) is 9.33. The van der Waals surface area contributed by atoms with Gasteiger partial charge in [0.1, 0.15) is 7.85 Å². The van der Waals surface area contributed by atoms with Crippen molar-refractivity contribution in [3.05, 3.63) is 72.8 Å². The molecule has 3 aromatic rings. The van der Waals surface area contributed by atoms with Crippen LogP contribution >= 0.6 is 0 Å². The van der Waals surface area contributed by atoms with Crippen LogP contribution < -0.4 is 5.46 Å². The second-order valence-electron chi connectivity index (χ2n) is 4.40. The van der Waals surface area contributed by atoms with Gasteiger partial charge in [0.25, 0.3) is 0 Å². The van der Waals surface area contributed by atoms with Gasteiger partial charge in [-0.25, -0.2) is 4.98 Å². The van der Waals surface area contributed by atoms with Gasteiger partial charge in [0.15, 0.2) is 0 Å². The van der Waals surface area contributed by atoms with Crippen LogP contribution in [0.15, 0.2) is 72.8 Å². The number of pyridine rings is 1. The van der Waals surface area contributed by atoms with Gasteiger partial charge < -0.3 is 0 Å². The molecule has 88 valence electrons. The Balaban J connectivity index is 2.12. The van der Waals surface area contributed by atoms with Crippen molar-refractivity contribution in [2.75, 3.05) is 0 Å². The van der Waals surface area contributed by atoms with E-state index in [1.807, 2.05) is 72.8 Å². The molecule has 0 aliphatic carbocycles. The van der Waals surface area contributed by atoms with Crippen molar-refractivity contribution in [3.8, 4) is 22.5 Å². The van der Waals surface area contributed by atoms with Gasteiger partial charge >= 0.3 is 0 Å². The van der Waals surface area contributed by atoms with Crippen LogP contribution in [0.4, 0.5) is 0 Å². The molecule has 0 fully saturated rings. The monoisotopic (exact) mass is 241 g/mol. The molecule has 1 aromatic heterocycles. The highest BCUT2D eigenvalue weighted by Crippen LogP contribution is 2.21. The number of nitrogens with zero attached hydrogens (tertiary/aromatic N) is 1. The number of rotatable bonds is 2. The van der Waals surface area contributed by atoms with E-state index >= 15 is 0 Å². The molecule has 19 heavy (non-hydrogen) atoms. The van der Waals surface area contributed by atoms with Crippen molar-refractivity contribution >= 4 is 13.3 Å². The van der Waals surface area contributed by atoms with Gasteiger partial charge in [0.2, 0.25) is 0 Å². The molecule has 1 nitrogen and oxygen atoms in total. The summed E-state index contributed by atoms with van der Waals surface area (Å²) in [5.74, 6) is 0. The van der Waals surface area contributed by atoms with Crippen molar-refractivity contribution in [2.45, 2.75) is 0 Å². The summed E-state index contributed by atoms with van der Waals surface area (Å²) in [6.07, 6.45) is 0. The minimum Gasteiger partial charge on any atom is -0.248 e. The molecular weight excluding hydrogens is 229 g/mol. The highest BCUT2D eigenvalue weighted by Gasteiger charge is 2.04. The standard InChI is InChI=1S/C17H12BN/c18-15-11-16(13-7-3-1-4-8-13)19-17(12-15)14-9-5-2-6-10-14/h1-12H. The van der Waals surface area contributed by atoms with Crippen molar-refractivity contribution in [1.29, 1.82) is 0 Å². The van der Waals surface area contributed by atoms with Crippen molar-refractivity contribution in [3.63, 3.8) is 0 Å². The van der Waals surface area contributed by atoms with E-state index in [2.05, 4.69) is 0 Å². The van der Waals surface area contributed by atoms with Gasteiger partial charge in [-0.05, 0) is 12.1 Å². The second kappa shape index (κ2) is 5.11. The van der Waals surface area contributed by atoms with E-state index in [0.717, 1.165) is 28.0 Å². The Morgan fingerprint density at radius 2 is 1.05 bits per heavy atom. The molecular formula is C17H12BN. The summed E-state index contributed by atoms with van der Waals surface area (Å²) in [7, 11) is 5.99. The van der Waals surface area contributed by atoms with Gasteiger partial charge in [0, 0.05) is 11.1 Å². The van der Waals surface area contributed by atoms with Crippen LogP contribution in [-0.2, 0) is 0 Å². The fraction of sp³-hybridized carbons (Fsp3) is 0. The zero-order chi connectivity index (χ0) is 13.1. The Morgan fingerprint density at radius 1 is 0.632 bits per heavy atom. The average molecular weight is 241 g/mol. The maximum Gasteiger partial charge on any atom is 0.114 e. The summed E-state index contributed by atoms with van der Waals surface area (Å²) in [5, 5.41) is 0. The lowest BCUT2D eigenvalue weighted by molar-refractivity contribution is 1.33. The van der Waals surface area contributed by atoms with Crippen LogP contribution in [0, 0.1) is 0 Å². The zero-order valence-corrected chi connectivity index (χ0v) is 10.5. The Morgan fingerprint density at radius 3 is 1.47 bits per heavy atom. The van der Waals surface area contributed by atoms with Crippen LogP contribution in [0.25, 0.3) is 22.5 Å². The predicted octanol–water partition coefficient (Wildman–Crippen LogP) is 3.21. The fourth-order valence-electron chi connectivity index (χ4n) is 2.07. The lowest BCUT2D eigenvalue weighted by Crippen LogP contribution is -2.05. The van der Waals surface area contributed by atoms with Gasteiger partial charge in [-0.1, -0.05) is 66.1 Å². The largest absolute Gasteiger partial charge is 0.248 e. The van der Waals surface area contributed by atoms with E-state index in [9.17, 15) is 0 Å². The molecule has 0 aliphatic rings. The van der Waals surface area contributed by atoms with E-state index in [0.29, 0.717) is 0 Å². The molecule has 2 heteroatoms. The first-order valence-corrected chi connectivity index (χ1v) is 6.21. The minimum absolute atomic E-state index is 0.729. The lowest BCUT2D eigenvalue weighted by Gasteiger charge is -2.07. The summed E-state index contributed by atoms with van der Waals surface area (Å²) >= 11 is 0. The summed E-state index contributed by atoms with van der Waals surface area (Å²) in [5.41, 5.74) is 4.69. The van der Waals surface area contributed by atoms with Gasteiger partial charge in [-0.2, -0.15) is 0 Å². The Hall–Kier alpha value is -2.35. The third-order valence-electron chi connectivity index (χ3n) is 2.99. The van der Waals surface area contributed by atoms with Crippen molar-refractivity contribution < 1.29 is 0 Å². The Labute approximate surface area is 114 Å². The molecule has 2 aromatic carbocycles. The molecule has 0 aliphatic heterocycles. The smallest absolute Gasteiger partial charge is 0.114 e. The molecule has 3 rings (SSSR count). The van der Waals surface area contributed by atoms with E-state index in [4.69, 9.17) is 12.8 Å². The molecule has 0 saturated carbocycles. The van der Waals surface area contributed by atoms with Gasteiger partial charge in [0.05, 0.1) is 11.4 Å². The van der Waals surface area contributed by atoms with E-state index in [1.165, 1.54) is 0 Å². The molecule has 1 heterocycles. The highest BCUT2D eigenvalue weighted by atomic mass is 14.7. The highest BCUT2D eigenvalue weighted by molar-refractivity contribution is 6.32. The second-order valence-corrected chi connectivity index (χ2v) is 4.40. The molecule has 0 atom stereocenters. The zero-order valence-electron chi connectivity index (χ0n) is 10.5. The lowest BCUT2D eigenvalue weighted by atomic mass is 9.93. The van der Waals surface area contributed by atoms with Crippen molar-refractivity contribution in [1.82, 2.24) is 4.98 Å². The molecule has 2 radical (unpaired) electrons. The van der Waals surface area contributed by atoms with E-state index in [-0.39, 0.29) is 0 Å². The number of hydrogen-bond acceptors (Lipinski definition) is 1.